The van der Waals surface area contributed by atoms with Crippen molar-refractivity contribution in [3.8, 4) is 0 Å². The summed E-state index contributed by atoms with van der Waals surface area (Å²) >= 11 is 4.95. The minimum Gasteiger partial charge on any atom is -0.345 e. The Balaban J connectivity index is 2.54. The van der Waals surface area contributed by atoms with Gasteiger partial charge in [0.25, 0.3) is 0 Å². The minimum atomic E-state index is 0.104. The van der Waals surface area contributed by atoms with E-state index >= 15 is 0 Å². The van der Waals surface area contributed by atoms with Gasteiger partial charge in [-0.15, -0.1) is 0 Å². The Hall–Kier alpha value is -0.940. The first kappa shape index (κ1) is 9.15. The lowest BCUT2D eigenvalue weighted by Gasteiger charge is -2.04. The van der Waals surface area contributed by atoms with Gasteiger partial charge in [-0.05, 0) is 0 Å². The Labute approximate surface area is 75.8 Å². The molecule has 1 heterocycles. The lowest BCUT2D eigenvalue weighted by molar-refractivity contribution is -0.203. The van der Waals surface area contributed by atoms with Crippen molar-refractivity contribution in [2.45, 2.75) is 13.3 Å². The second-order valence-corrected chi connectivity index (χ2v) is 3.05. The van der Waals surface area contributed by atoms with Crippen LogP contribution >= 0.6 is 12.2 Å². The van der Waals surface area contributed by atoms with E-state index in [4.69, 9.17) is 17.5 Å². The molecule has 0 aromatic carbocycles. The maximum absolute atomic E-state index is 8.24. The average Bonchev–Trinajstić information content (AvgIpc) is 2.36. The van der Waals surface area contributed by atoms with Crippen molar-refractivity contribution in [3.05, 3.63) is 12.3 Å². The van der Waals surface area contributed by atoms with Crippen LogP contribution in [0, 0.1) is 5.92 Å². The van der Waals surface area contributed by atoms with E-state index in [0.717, 1.165) is 5.71 Å². The van der Waals surface area contributed by atoms with E-state index in [2.05, 4.69) is 22.0 Å². The summed E-state index contributed by atoms with van der Waals surface area (Å²) in [6.45, 7) is 5.41. The number of hydrazone groups is 1. The molecule has 5 heteroatoms. The summed E-state index contributed by atoms with van der Waals surface area (Å²) < 4.78 is 0. The summed E-state index contributed by atoms with van der Waals surface area (Å²) in [7, 11) is 0. The van der Waals surface area contributed by atoms with Crippen molar-refractivity contribution in [3.63, 3.8) is 0 Å². The summed E-state index contributed by atoms with van der Waals surface area (Å²) in [6, 6.07) is 0. The Morgan fingerprint density at radius 2 is 2.58 bits per heavy atom. The van der Waals surface area contributed by atoms with Crippen LogP contribution < -0.4 is 5.43 Å². The molecule has 0 bridgehead atoms. The molecule has 2 N–H and O–H groups in total. The highest BCUT2D eigenvalue weighted by Crippen LogP contribution is 2.13. The highest BCUT2D eigenvalue weighted by Gasteiger charge is 2.22. The molecule has 0 amide bonds. The second kappa shape index (κ2) is 3.64. The number of hydrogen-bond donors (Lipinski definition) is 2. The molecule has 0 fully saturated rings. The number of nitrogens with one attached hydrogen (secondary N) is 1. The van der Waals surface area contributed by atoms with Crippen molar-refractivity contribution < 1.29 is 10.1 Å². The molecule has 0 aromatic heterocycles. The van der Waals surface area contributed by atoms with Gasteiger partial charge in [0.05, 0.1) is 5.71 Å². The zero-order valence-electron chi connectivity index (χ0n) is 6.70. The van der Waals surface area contributed by atoms with Crippen LogP contribution in [-0.2, 0) is 4.89 Å². The van der Waals surface area contributed by atoms with Crippen LogP contribution in [0.4, 0.5) is 0 Å². The molecule has 0 radical (unpaired) electrons. The van der Waals surface area contributed by atoms with Crippen molar-refractivity contribution >= 4 is 22.9 Å². The van der Waals surface area contributed by atoms with Crippen LogP contribution in [0.15, 0.2) is 17.4 Å². The molecule has 4 nitrogen and oxygen atoms in total. The third-order valence-corrected chi connectivity index (χ3v) is 2.16. The third kappa shape index (κ3) is 1.80. The van der Waals surface area contributed by atoms with Crippen LogP contribution in [0.1, 0.15) is 13.3 Å². The van der Waals surface area contributed by atoms with Gasteiger partial charge < -0.3 is 4.89 Å². The van der Waals surface area contributed by atoms with Crippen LogP contribution in [0.5, 0.6) is 0 Å². The standard InChI is InChI=1S/C7H10N2O2S/c1-4(11-10)3-6-5(2)7(12)9-8-6/h5,10H,1,3H2,2H3,(H,9,12). The maximum Gasteiger partial charge on any atom is 0.140 e. The molecule has 0 spiro atoms. The third-order valence-electron chi connectivity index (χ3n) is 1.71. The summed E-state index contributed by atoms with van der Waals surface area (Å²) in [5.74, 6) is 0.374. The Morgan fingerprint density at radius 1 is 1.92 bits per heavy atom. The van der Waals surface area contributed by atoms with Crippen molar-refractivity contribution in [2.24, 2.45) is 11.0 Å². The molecule has 1 aliphatic heterocycles. The van der Waals surface area contributed by atoms with Crippen molar-refractivity contribution in [2.75, 3.05) is 0 Å². The van der Waals surface area contributed by atoms with E-state index in [1.807, 2.05) is 6.92 Å². The monoisotopic (exact) mass is 186 g/mol. The number of hydrogen-bond acceptors (Lipinski definition) is 4. The zero-order valence-corrected chi connectivity index (χ0v) is 7.52. The summed E-state index contributed by atoms with van der Waals surface area (Å²) in [5, 5.41) is 12.2. The smallest absolute Gasteiger partial charge is 0.140 e. The molecular weight excluding hydrogens is 176 g/mol. The average molecular weight is 186 g/mol. The summed E-state index contributed by atoms with van der Waals surface area (Å²) in [5.41, 5.74) is 3.52. The van der Waals surface area contributed by atoms with E-state index in [0.29, 0.717) is 11.4 Å². The Morgan fingerprint density at radius 3 is 3.00 bits per heavy atom. The second-order valence-electron chi connectivity index (χ2n) is 2.61. The lowest BCUT2D eigenvalue weighted by Crippen LogP contribution is -2.18. The van der Waals surface area contributed by atoms with Gasteiger partial charge in [0.15, 0.2) is 0 Å². The molecule has 0 saturated heterocycles. The molecular formula is C7H10N2O2S. The highest BCUT2D eigenvalue weighted by atomic mass is 32.1. The molecule has 66 valence electrons. The number of thiocarbonyl (C=S) groups is 1. The van der Waals surface area contributed by atoms with Crippen LogP contribution in [0.2, 0.25) is 0 Å². The normalized spacial score (nSPS) is 21.7. The molecule has 1 unspecified atom stereocenters. The van der Waals surface area contributed by atoms with E-state index in [-0.39, 0.29) is 11.7 Å². The van der Waals surface area contributed by atoms with Gasteiger partial charge >= 0.3 is 0 Å². The fourth-order valence-corrected chi connectivity index (χ4v) is 1.08. The van der Waals surface area contributed by atoms with Gasteiger partial charge in [0.2, 0.25) is 0 Å². The predicted octanol–water partition coefficient (Wildman–Crippen LogP) is 1.30. The van der Waals surface area contributed by atoms with Crippen molar-refractivity contribution in [1.82, 2.24) is 5.43 Å². The number of nitrogens with zero attached hydrogens (tertiary/aromatic N) is 1. The zero-order chi connectivity index (χ0) is 9.14. The molecule has 1 rings (SSSR count). The van der Waals surface area contributed by atoms with Gasteiger partial charge in [-0.2, -0.15) is 5.10 Å². The van der Waals surface area contributed by atoms with Gasteiger partial charge in [0.1, 0.15) is 10.7 Å². The predicted molar refractivity (Wildman–Crippen MR) is 49.8 cm³/mol. The van der Waals surface area contributed by atoms with Gasteiger partial charge in [0, 0.05) is 12.3 Å². The molecule has 0 saturated carbocycles. The number of rotatable bonds is 3. The largest absolute Gasteiger partial charge is 0.345 e. The van der Waals surface area contributed by atoms with Crippen LogP contribution in [0.3, 0.4) is 0 Å². The van der Waals surface area contributed by atoms with Gasteiger partial charge in [-0.1, -0.05) is 25.7 Å². The topological polar surface area (TPSA) is 53.9 Å². The van der Waals surface area contributed by atoms with Crippen LogP contribution in [-0.4, -0.2) is 16.0 Å². The molecule has 1 atom stereocenters. The van der Waals surface area contributed by atoms with E-state index in [9.17, 15) is 0 Å². The fraction of sp³-hybridized carbons (Fsp3) is 0.429. The highest BCUT2D eigenvalue weighted by molar-refractivity contribution is 7.80. The van der Waals surface area contributed by atoms with E-state index < -0.39 is 0 Å². The molecule has 0 aromatic rings. The number of allylic oxidation sites excluding steroid dienone is 1. The molecule has 12 heavy (non-hydrogen) atoms. The molecule has 1 aliphatic rings. The Bertz CT molecular complexity index is 250. The maximum atomic E-state index is 8.24. The summed E-state index contributed by atoms with van der Waals surface area (Å²) in [6.07, 6.45) is 0.408. The minimum absolute atomic E-state index is 0.104. The first-order valence-corrected chi connectivity index (χ1v) is 3.91. The van der Waals surface area contributed by atoms with Gasteiger partial charge in [-0.3, -0.25) is 5.43 Å². The summed E-state index contributed by atoms with van der Waals surface area (Å²) in [4.78, 5) is 4.64. The first-order valence-electron chi connectivity index (χ1n) is 3.50. The molecule has 0 aliphatic carbocycles. The Kier molecular flexibility index (Phi) is 2.78. The SMILES string of the molecule is C=C(CC1=NNC(=S)C1C)OO. The van der Waals surface area contributed by atoms with Gasteiger partial charge in [-0.25, -0.2) is 5.26 Å². The fourth-order valence-electron chi connectivity index (χ4n) is 0.899. The quantitative estimate of drug-likeness (QED) is 0.302. The first-order chi connectivity index (χ1) is 5.65. The lowest BCUT2D eigenvalue weighted by atomic mass is 10.0. The van der Waals surface area contributed by atoms with Crippen molar-refractivity contribution in [1.29, 1.82) is 0 Å². The van der Waals surface area contributed by atoms with Crippen LogP contribution in [0.25, 0.3) is 0 Å². The van der Waals surface area contributed by atoms with E-state index in [1.54, 1.807) is 0 Å². The van der Waals surface area contributed by atoms with E-state index in [1.165, 1.54) is 0 Å².